The molecule has 0 aliphatic carbocycles. The van der Waals surface area contributed by atoms with Gasteiger partial charge in [-0.25, -0.2) is 0 Å². The van der Waals surface area contributed by atoms with Crippen LogP contribution >= 0.6 is 0 Å². The molecule has 0 bridgehead atoms. The van der Waals surface area contributed by atoms with Gasteiger partial charge in [-0.15, -0.1) is 0 Å². The highest BCUT2D eigenvalue weighted by molar-refractivity contribution is 5.76. The largest absolute Gasteiger partial charge is 0.508 e. The number of hydrogen-bond donors (Lipinski definition) is 2. The number of nitrogen functional groups attached to an aromatic ring is 1. The molecule has 0 saturated carbocycles. The summed E-state index contributed by atoms with van der Waals surface area (Å²) in [6, 6.07) is 15.6. The lowest BCUT2D eigenvalue weighted by atomic mass is 10.1. The number of aliphatic hydroxyl groups is 1. The molecule has 21 heavy (non-hydrogen) atoms. The van der Waals surface area contributed by atoms with Crippen molar-refractivity contribution < 1.29 is 5.11 Å². The van der Waals surface area contributed by atoms with Crippen molar-refractivity contribution in [3.63, 3.8) is 0 Å². The second-order valence-electron chi connectivity index (χ2n) is 4.54. The van der Waals surface area contributed by atoms with Gasteiger partial charge < -0.3 is 10.8 Å². The number of benzene rings is 2. The van der Waals surface area contributed by atoms with Crippen LogP contribution in [-0.2, 0) is 0 Å². The number of anilines is 1. The molecule has 3 N–H and O–H groups in total. The molecule has 3 heteroatoms. The molecular weight excluding hydrogens is 260 g/mol. The summed E-state index contributed by atoms with van der Waals surface area (Å²) in [7, 11) is 0. The summed E-state index contributed by atoms with van der Waals surface area (Å²) in [5, 5.41) is 9.42. The monoisotopic (exact) mass is 278 g/mol. The highest BCUT2D eigenvalue weighted by atomic mass is 16.3. The molecule has 0 aromatic heterocycles. The van der Waals surface area contributed by atoms with E-state index in [1.807, 2.05) is 55.5 Å². The Morgan fingerprint density at radius 1 is 1.00 bits per heavy atom. The minimum absolute atomic E-state index is 0.180. The van der Waals surface area contributed by atoms with E-state index in [4.69, 9.17) is 5.73 Å². The molecule has 3 nitrogen and oxygen atoms in total. The Morgan fingerprint density at radius 2 is 1.57 bits per heavy atom. The normalized spacial score (nSPS) is 12.3. The van der Waals surface area contributed by atoms with E-state index in [1.165, 1.54) is 0 Å². The van der Waals surface area contributed by atoms with Crippen LogP contribution in [0.4, 0.5) is 11.4 Å². The second-order valence-corrected chi connectivity index (χ2v) is 4.54. The smallest absolute Gasteiger partial charge is 0.116 e. The third-order valence-corrected chi connectivity index (χ3v) is 2.92. The Bertz CT molecular complexity index is 665. The zero-order valence-electron chi connectivity index (χ0n) is 11.9. The summed E-state index contributed by atoms with van der Waals surface area (Å²) in [5.74, 6) is 0.180. The average Bonchev–Trinajstić information content (AvgIpc) is 2.49. The van der Waals surface area contributed by atoms with Gasteiger partial charge in [-0.05, 0) is 54.5 Å². The van der Waals surface area contributed by atoms with E-state index in [1.54, 1.807) is 24.4 Å². The number of aliphatic hydroxyl groups excluding tert-OH is 1. The first-order chi connectivity index (χ1) is 10.2. The van der Waals surface area contributed by atoms with Crippen LogP contribution in [0, 0.1) is 0 Å². The molecule has 0 atom stereocenters. The first-order valence-corrected chi connectivity index (χ1v) is 6.71. The van der Waals surface area contributed by atoms with Crippen LogP contribution in [0.15, 0.2) is 77.5 Å². The molecule has 106 valence electrons. The molecule has 0 unspecified atom stereocenters. The van der Waals surface area contributed by atoms with E-state index in [2.05, 4.69) is 4.99 Å². The molecule has 0 heterocycles. The zero-order valence-corrected chi connectivity index (χ0v) is 11.9. The van der Waals surface area contributed by atoms with Crippen molar-refractivity contribution in [3.8, 4) is 11.1 Å². The minimum Gasteiger partial charge on any atom is -0.508 e. The van der Waals surface area contributed by atoms with E-state index in [0.717, 1.165) is 22.5 Å². The fraction of sp³-hybridized carbons (Fsp3) is 0.0556. The molecule has 0 radical (unpaired) electrons. The first-order valence-electron chi connectivity index (χ1n) is 6.71. The van der Waals surface area contributed by atoms with Crippen molar-refractivity contribution in [1.29, 1.82) is 0 Å². The second kappa shape index (κ2) is 7.10. The average molecular weight is 278 g/mol. The zero-order chi connectivity index (χ0) is 15.1. The van der Waals surface area contributed by atoms with Crippen LogP contribution in [0.3, 0.4) is 0 Å². The van der Waals surface area contributed by atoms with Crippen LogP contribution in [0.25, 0.3) is 11.1 Å². The Balaban J connectivity index is 2.10. The minimum atomic E-state index is 0.180. The van der Waals surface area contributed by atoms with Crippen molar-refractivity contribution in [2.75, 3.05) is 5.73 Å². The van der Waals surface area contributed by atoms with Gasteiger partial charge in [-0.3, -0.25) is 4.99 Å². The van der Waals surface area contributed by atoms with Crippen molar-refractivity contribution in [3.05, 3.63) is 72.5 Å². The molecule has 0 aliphatic heterocycles. The van der Waals surface area contributed by atoms with Gasteiger partial charge in [-0.2, -0.15) is 0 Å². The maximum atomic E-state index is 9.42. The standard InChI is InChI=1S/C18H18N2O/c1-2-3-18(21)12-13-20-17-10-6-15(7-11-17)14-4-8-16(19)9-5-14/h2-13,21H,19H2,1H3/b3-2-,18-12+,20-13-. The van der Waals surface area contributed by atoms with Crippen LogP contribution in [0.1, 0.15) is 6.92 Å². The van der Waals surface area contributed by atoms with Gasteiger partial charge >= 0.3 is 0 Å². The van der Waals surface area contributed by atoms with Crippen molar-refractivity contribution in [1.82, 2.24) is 0 Å². The summed E-state index contributed by atoms with van der Waals surface area (Å²) < 4.78 is 0. The maximum Gasteiger partial charge on any atom is 0.116 e. The van der Waals surface area contributed by atoms with E-state index in [0.29, 0.717) is 0 Å². The molecular formula is C18H18N2O. The predicted molar refractivity (Wildman–Crippen MR) is 90.0 cm³/mol. The topological polar surface area (TPSA) is 58.6 Å². The van der Waals surface area contributed by atoms with Crippen LogP contribution in [0.5, 0.6) is 0 Å². The number of nitrogens with two attached hydrogens (primary N) is 1. The van der Waals surface area contributed by atoms with Gasteiger partial charge in [-0.1, -0.05) is 30.3 Å². The predicted octanol–water partition coefficient (Wildman–Crippen LogP) is 4.66. The Hall–Kier alpha value is -2.81. The molecule has 2 aromatic rings. The fourth-order valence-electron chi connectivity index (χ4n) is 1.84. The van der Waals surface area contributed by atoms with Crippen molar-refractivity contribution in [2.45, 2.75) is 6.92 Å². The van der Waals surface area contributed by atoms with Gasteiger partial charge in [0.1, 0.15) is 5.76 Å². The number of aliphatic imine (C=N–C) groups is 1. The lowest BCUT2D eigenvalue weighted by Crippen LogP contribution is -1.83. The molecule has 0 spiro atoms. The van der Waals surface area contributed by atoms with Gasteiger partial charge in [0, 0.05) is 11.9 Å². The van der Waals surface area contributed by atoms with E-state index in [-0.39, 0.29) is 5.76 Å². The summed E-state index contributed by atoms with van der Waals surface area (Å²) in [4.78, 5) is 4.26. The van der Waals surface area contributed by atoms with Gasteiger partial charge in [0.15, 0.2) is 0 Å². The number of hydrogen-bond acceptors (Lipinski definition) is 3. The van der Waals surface area contributed by atoms with Crippen LogP contribution < -0.4 is 5.73 Å². The molecule has 0 saturated heterocycles. The van der Waals surface area contributed by atoms with Gasteiger partial charge in [0.2, 0.25) is 0 Å². The van der Waals surface area contributed by atoms with Crippen LogP contribution in [0.2, 0.25) is 0 Å². The Kier molecular flexibility index (Phi) is 4.94. The highest BCUT2D eigenvalue weighted by Crippen LogP contribution is 2.23. The number of nitrogens with zero attached hydrogens (tertiary/aromatic N) is 1. The summed E-state index contributed by atoms with van der Waals surface area (Å²) in [6.45, 7) is 1.84. The Labute approximate surface area is 124 Å². The van der Waals surface area contributed by atoms with E-state index < -0.39 is 0 Å². The fourth-order valence-corrected chi connectivity index (χ4v) is 1.84. The van der Waals surface area contributed by atoms with Crippen LogP contribution in [-0.4, -0.2) is 11.3 Å². The van der Waals surface area contributed by atoms with Gasteiger partial charge in [0.25, 0.3) is 0 Å². The third-order valence-electron chi connectivity index (χ3n) is 2.92. The van der Waals surface area contributed by atoms with E-state index >= 15 is 0 Å². The molecule has 0 fully saturated rings. The highest BCUT2D eigenvalue weighted by Gasteiger charge is 1.97. The molecule has 2 rings (SSSR count). The molecule has 2 aromatic carbocycles. The summed E-state index contributed by atoms with van der Waals surface area (Å²) in [6.07, 6.45) is 6.50. The summed E-state index contributed by atoms with van der Waals surface area (Å²) in [5.41, 5.74) is 9.50. The van der Waals surface area contributed by atoms with E-state index in [9.17, 15) is 5.11 Å². The number of rotatable bonds is 4. The molecule has 0 amide bonds. The van der Waals surface area contributed by atoms with Gasteiger partial charge in [0.05, 0.1) is 5.69 Å². The first kappa shape index (κ1) is 14.6. The molecule has 0 aliphatic rings. The quantitative estimate of drug-likeness (QED) is 0.370. The maximum absolute atomic E-state index is 9.42. The van der Waals surface area contributed by atoms with Crippen molar-refractivity contribution >= 4 is 17.6 Å². The lowest BCUT2D eigenvalue weighted by Gasteiger charge is -2.02. The lowest BCUT2D eigenvalue weighted by molar-refractivity contribution is 0.433. The SMILES string of the molecule is C\C=C/C(O)=C\C=N/c1ccc(-c2ccc(N)cc2)cc1. The Morgan fingerprint density at radius 3 is 2.14 bits per heavy atom. The summed E-state index contributed by atoms with van der Waals surface area (Å²) >= 11 is 0. The van der Waals surface area contributed by atoms with Crippen molar-refractivity contribution in [2.24, 2.45) is 4.99 Å². The number of allylic oxidation sites excluding steroid dienone is 3. The third kappa shape index (κ3) is 4.35.